The van der Waals surface area contributed by atoms with Crippen LogP contribution in [0.4, 0.5) is 0 Å². The molecule has 0 radical (unpaired) electrons. The Bertz CT molecular complexity index is 1100. The molecule has 0 aliphatic heterocycles. The molecule has 0 fully saturated rings. The van der Waals surface area contributed by atoms with Crippen molar-refractivity contribution in [1.29, 1.82) is 0 Å². The van der Waals surface area contributed by atoms with Crippen LogP contribution in [-0.4, -0.2) is 37.0 Å². The number of methoxy groups -OCH3 is 1. The number of hydroxylamine groups is 1. The van der Waals surface area contributed by atoms with E-state index in [1.54, 1.807) is 41.9 Å². The van der Waals surface area contributed by atoms with Crippen molar-refractivity contribution in [2.75, 3.05) is 7.11 Å². The zero-order valence-electron chi connectivity index (χ0n) is 16.6. The minimum Gasteiger partial charge on any atom is -0.497 e. The fourth-order valence-corrected chi connectivity index (χ4v) is 5.62. The number of nitrogens with one attached hydrogen (secondary N) is 1. The Balaban J connectivity index is 2.06. The highest BCUT2D eigenvalue weighted by atomic mass is 79.9. The van der Waals surface area contributed by atoms with Gasteiger partial charge >= 0.3 is 0 Å². The van der Waals surface area contributed by atoms with Crippen LogP contribution in [0.5, 0.6) is 5.75 Å². The van der Waals surface area contributed by atoms with E-state index in [1.165, 1.54) is 30.6 Å². The average molecular weight is 525 g/mol. The van der Waals surface area contributed by atoms with Gasteiger partial charge in [0.15, 0.2) is 0 Å². The summed E-state index contributed by atoms with van der Waals surface area (Å²) in [6.07, 6.45) is 0.121. The molecule has 0 bridgehead atoms. The first-order chi connectivity index (χ1) is 14.8. The van der Waals surface area contributed by atoms with Crippen molar-refractivity contribution in [1.82, 2.24) is 9.79 Å². The lowest BCUT2D eigenvalue weighted by Crippen LogP contribution is -2.49. The third kappa shape index (κ3) is 5.72. The summed E-state index contributed by atoms with van der Waals surface area (Å²) in [7, 11) is -2.60. The Labute approximate surface area is 193 Å². The molecule has 1 atom stereocenters. The number of benzene rings is 2. The van der Waals surface area contributed by atoms with Gasteiger partial charge in [0.05, 0.1) is 12.0 Å². The number of carbonyl (C=O) groups is 1. The molecule has 3 aromatic rings. The van der Waals surface area contributed by atoms with Crippen LogP contribution in [-0.2, 0) is 27.8 Å². The number of rotatable bonds is 9. The highest BCUT2D eigenvalue weighted by Crippen LogP contribution is 2.26. The first-order valence-electron chi connectivity index (χ1n) is 9.22. The van der Waals surface area contributed by atoms with Crippen LogP contribution in [0.25, 0.3) is 0 Å². The molecule has 0 aliphatic carbocycles. The molecule has 0 aliphatic rings. The second-order valence-electron chi connectivity index (χ2n) is 6.63. The van der Waals surface area contributed by atoms with Gasteiger partial charge in [-0.05, 0) is 53.4 Å². The zero-order valence-corrected chi connectivity index (χ0v) is 19.8. The summed E-state index contributed by atoms with van der Waals surface area (Å²) in [5.41, 5.74) is 2.32. The number of amides is 1. The first-order valence-corrected chi connectivity index (χ1v) is 12.3. The van der Waals surface area contributed by atoms with E-state index < -0.39 is 22.0 Å². The molecule has 1 amide bonds. The standard InChI is InChI=1S/C21H21BrN2O5S2/c1-29-17-8-10-19(11-9-17)31(27,28)24(14-15-4-6-16(22)7-5-15)20(21(25)23-26)13-18-3-2-12-30-18/h2-12,20,26H,13-14H2,1H3,(H,23,25)/t20-/m1/s1. The number of carbonyl (C=O) groups excluding carboxylic acids is 1. The van der Waals surface area contributed by atoms with Gasteiger partial charge in [0.25, 0.3) is 5.91 Å². The van der Waals surface area contributed by atoms with Gasteiger partial charge in [-0.2, -0.15) is 4.31 Å². The lowest BCUT2D eigenvalue weighted by molar-refractivity contribution is -0.133. The molecule has 1 aromatic heterocycles. The molecule has 3 rings (SSSR count). The van der Waals surface area contributed by atoms with Crippen LogP contribution in [0, 0.1) is 0 Å². The van der Waals surface area contributed by atoms with Crippen molar-refractivity contribution < 1.29 is 23.2 Å². The molecule has 0 saturated carbocycles. The van der Waals surface area contributed by atoms with Crippen LogP contribution in [0.1, 0.15) is 10.4 Å². The Kier molecular flexibility index (Phi) is 7.84. The Morgan fingerprint density at radius 2 is 1.84 bits per heavy atom. The molecule has 31 heavy (non-hydrogen) atoms. The quantitative estimate of drug-likeness (QED) is 0.327. The summed E-state index contributed by atoms with van der Waals surface area (Å²) in [5, 5.41) is 11.2. The van der Waals surface area contributed by atoms with E-state index in [2.05, 4.69) is 15.9 Å². The van der Waals surface area contributed by atoms with Gasteiger partial charge in [-0.1, -0.05) is 34.1 Å². The van der Waals surface area contributed by atoms with Crippen LogP contribution in [0.15, 0.2) is 75.4 Å². The molecule has 0 unspecified atom stereocenters. The van der Waals surface area contributed by atoms with Crippen molar-refractivity contribution in [3.8, 4) is 5.75 Å². The smallest absolute Gasteiger partial charge is 0.262 e. The molecule has 2 aromatic carbocycles. The van der Waals surface area contributed by atoms with Crippen molar-refractivity contribution in [3.05, 3.63) is 81.0 Å². The lowest BCUT2D eigenvalue weighted by Gasteiger charge is -2.29. The third-order valence-corrected chi connectivity index (χ3v) is 7.95. The Morgan fingerprint density at radius 3 is 2.39 bits per heavy atom. The van der Waals surface area contributed by atoms with Gasteiger partial charge in [-0.15, -0.1) is 11.3 Å². The molecule has 164 valence electrons. The van der Waals surface area contributed by atoms with Crippen molar-refractivity contribution in [3.63, 3.8) is 0 Å². The minimum atomic E-state index is -4.09. The number of sulfonamides is 1. The molecule has 1 heterocycles. The third-order valence-electron chi connectivity index (χ3n) is 4.65. The molecule has 0 spiro atoms. The van der Waals surface area contributed by atoms with Crippen molar-refractivity contribution >= 4 is 43.2 Å². The van der Waals surface area contributed by atoms with Crippen LogP contribution >= 0.6 is 27.3 Å². The monoisotopic (exact) mass is 524 g/mol. The Morgan fingerprint density at radius 1 is 1.16 bits per heavy atom. The topological polar surface area (TPSA) is 95.9 Å². The molecule has 7 nitrogen and oxygen atoms in total. The average Bonchev–Trinajstić information content (AvgIpc) is 3.30. The molecule has 2 N–H and O–H groups in total. The van der Waals surface area contributed by atoms with Crippen LogP contribution in [0.2, 0.25) is 0 Å². The van der Waals surface area contributed by atoms with Crippen LogP contribution in [0.3, 0.4) is 0 Å². The number of ether oxygens (including phenoxy) is 1. The van der Waals surface area contributed by atoms with Gasteiger partial charge in [-0.25, -0.2) is 13.9 Å². The van der Waals surface area contributed by atoms with E-state index >= 15 is 0 Å². The molecule has 10 heteroatoms. The SMILES string of the molecule is COc1ccc(S(=O)(=O)N(Cc2ccc(Br)cc2)[C@H](Cc2cccs2)C(=O)NO)cc1. The zero-order chi connectivity index (χ0) is 22.4. The van der Waals surface area contributed by atoms with Gasteiger partial charge in [-0.3, -0.25) is 10.0 Å². The fraction of sp³-hybridized carbons (Fsp3) is 0.190. The fourth-order valence-electron chi connectivity index (χ4n) is 3.03. The second-order valence-corrected chi connectivity index (χ2v) is 10.5. The number of nitrogens with zero attached hydrogens (tertiary/aromatic N) is 1. The van der Waals surface area contributed by atoms with Crippen molar-refractivity contribution in [2.45, 2.75) is 23.9 Å². The van der Waals surface area contributed by atoms with Gasteiger partial charge < -0.3 is 4.74 Å². The predicted molar refractivity (Wildman–Crippen MR) is 122 cm³/mol. The lowest BCUT2D eigenvalue weighted by atomic mass is 10.1. The summed E-state index contributed by atoms with van der Waals surface area (Å²) >= 11 is 4.78. The van der Waals surface area contributed by atoms with Gasteiger partial charge in [0.2, 0.25) is 10.0 Å². The van der Waals surface area contributed by atoms with Gasteiger partial charge in [0, 0.05) is 22.3 Å². The minimum absolute atomic E-state index is 0.0207. The summed E-state index contributed by atoms with van der Waals surface area (Å²) in [5.74, 6) is -0.288. The highest BCUT2D eigenvalue weighted by molar-refractivity contribution is 9.10. The highest BCUT2D eigenvalue weighted by Gasteiger charge is 2.36. The van der Waals surface area contributed by atoms with E-state index in [1.807, 2.05) is 17.5 Å². The molecular weight excluding hydrogens is 504 g/mol. The first kappa shape index (κ1) is 23.4. The second kappa shape index (κ2) is 10.4. The number of thiophene rings is 1. The van der Waals surface area contributed by atoms with E-state index in [0.717, 1.165) is 13.7 Å². The summed E-state index contributed by atoms with van der Waals surface area (Å²) in [6.45, 7) is -0.0505. The Hall–Kier alpha value is -2.24. The van der Waals surface area contributed by atoms with E-state index in [0.29, 0.717) is 11.3 Å². The number of hydrogen-bond acceptors (Lipinski definition) is 6. The maximum Gasteiger partial charge on any atom is 0.262 e. The summed E-state index contributed by atoms with van der Waals surface area (Å²) in [4.78, 5) is 13.5. The van der Waals surface area contributed by atoms with E-state index in [4.69, 9.17) is 4.74 Å². The number of hydrogen-bond donors (Lipinski definition) is 2. The predicted octanol–water partition coefficient (Wildman–Crippen LogP) is 3.83. The number of halogens is 1. The normalized spacial score (nSPS) is 12.5. The van der Waals surface area contributed by atoms with Crippen molar-refractivity contribution in [2.24, 2.45) is 0 Å². The summed E-state index contributed by atoms with van der Waals surface area (Å²) in [6, 6.07) is 15.6. The van der Waals surface area contributed by atoms with Crippen LogP contribution < -0.4 is 10.2 Å². The maximum absolute atomic E-state index is 13.6. The largest absolute Gasteiger partial charge is 0.497 e. The van der Waals surface area contributed by atoms with E-state index in [-0.39, 0.29) is 17.9 Å². The van der Waals surface area contributed by atoms with Gasteiger partial charge in [0.1, 0.15) is 11.8 Å². The molecular formula is C21H21BrN2O5S2. The summed E-state index contributed by atoms with van der Waals surface area (Å²) < 4.78 is 34.3. The maximum atomic E-state index is 13.6. The molecule has 0 saturated heterocycles. The van der Waals surface area contributed by atoms with E-state index in [9.17, 15) is 18.4 Å².